The molecule has 0 fully saturated rings. The zero-order valence-electron chi connectivity index (χ0n) is 10.6. The molecule has 1 aromatic carbocycles. The third-order valence-electron chi connectivity index (χ3n) is 2.64. The summed E-state index contributed by atoms with van der Waals surface area (Å²) in [6.07, 6.45) is 0. The van der Waals surface area contributed by atoms with Gasteiger partial charge in [0.1, 0.15) is 0 Å². The van der Waals surface area contributed by atoms with Crippen molar-refractivity contribution >= 4 is 33.4 Å². The van der Waals surface area contributed by atoms with Gasteiger partial charge in [-0.15, -0.1) is 0 Å². The maximum atomic E-state index is 10.9. The van der Waals surface area contributed by atoms with Gasteiger partial charge in [0.05, 0.1) is 4.92 Å². The molecule has 0 saturated carbocycles. The molecule has 0 radical (unpaired) electrons. The van der Waals surface area contributed by atoms with E-state index in [2.05, 4.69) is 26.2 Å². The van der Waals surface area contributed by atoms with E-state index in [1.807, 2.05) is 24.3 Å². The molecule has 0 aliphatic heterocycles. The van der Waals surface area contributed by atoms with Crippen LogP contribution in [0.5, 0.6) is 0 Å². The molecule has 0 unspecified atom stereocenters. The number of anilines is 1. The van der Waals surface area contributed by atoms with Crippen molar-refractivity contribution in [3.63, 3.8) is 0 Å². The lowest BCUT2D eigenvalue weighted by Gasteiger charge is -2.07. The highest BCUT2D eigenvalue weighted by Gasteiger charge is 2.18. The van der Waals surface area contributed by atoms with Gasteiger partial charge in [-0.05, 0) is 23.8 Å². The van der Waals surface area contributed by atoms with Crippen LogP contribution in [0.25, 0.3) is 0 Å². The molecule has 0 aliphatic carbocycles. The number of nitrogens with one attached hydrogen (secondary N) is 1. The molecule has 0 saturated heterocycles. The second-order valence-electron chi connectivity index (χ2n) is 4.11. The summed E-state index contributed by atoms with van der Waals surface area (Å²) in [6, 6.07) is 9.60. The van der Waals surface area contributed by atoms with E-state index >= 15 is 0 Å². The summed E-state index contributed by atoms with van der Waals surface area (Å²) in [4.78, 5) is 25.0. The minimum Gasteiger partial charge on any atom is -0.477 e. The molecule has 0 aliphatic rings. The van der Waals surface area contributed by atoms with E-state index in [-0.39, 0.29) is 23.7 Å². The maximum Gasteiger partial charge on any atom is 0.354 e. The van der Waals surface area contributed by atoms with Crippen LogP contribution in [-0.2, 0) is 6.54 Å². The predicted octanol–water partition coefficient (Wildman–Crippen LogP) is 3.06. The number of carbonyl (C=O) groups is 1. The molecule has 1 aromatic heterocycles. The lowest BCUT2D eigenvalue weighted by Crippen LogP contribution is -2.08. The average molecular weight is 352 g/mol. The van der Waals surface area contributed by atoms with Crippen LogP contribution >= 0.6 is 15.9 Å². The van der Waals surface area contributed by atoms with Crippen LogP contribution in [0.15, 0.2) is 40.9 Å². The minimum atomic E-state index is -1.24. The Morgan fingerprint density at radius 3 is 2.76 bits per heavy atom. The number of nitro groups is 1. The normalized spacial score (nSPS) is 10.1. The third kappa shape index (κ3) is 3.76. The van der Waals surface area contributed by atoms with Gasteiger partial charge in [0.2, 0.25) is 5.82 Å². The van der Waals surface area contributed by atoms with Gasteiger partial charge >= 0.3 is 11.7 Å². The van der Waals surface area contributed by atoms with Crippen LogP contribution in [0.1, 0.15) is 16.1 Å². The highest BCUT2D eigenvalue weighted by atomic mass is 79.9. The van der Waals surface area contributed by atoms with Crippen LogP contribution in [0.4, 0.5) is 11.5 Å². The fourth-order valence-corrected chi connectivity index (χ4v) is 2.13. The van der Waals surface area contributed by atoms with Crippen molar-refractivity contribution < 1.29 is 14.8 Å². The summed E-state index contributed by atoms with van der Waals surface area (Å²) in [5.74, 6) is -1.31. The van der Waals surface area contributed by atoms with Gasteiger partial charge in [-0.25, -0.2) is 9.78 Å². The summed E-state index contributed by atoms with van der Waals surface area (Å²) < 4.78 is 0.878. The molecule has 0 atom stereocenters. The molecule has 0 amide bonds. The Morgan fingerprint density at radius 1 is 1.38 bits per heavy atom. The Hall–Kier alpha value is -2.48. The van der Waals surface area contributed by atoms with Crippen molar-refractivity contribution in [2.45, 2.75) is 6.54 Å². The van der Waals surface area contributed by atoms with Crippen molar-refractivity contribution in [3.05, 3.63) is 62.2 Å². The number of rotatable bonds is 5. The van der Waals surface area contributed by atoms with Gasteiger partial charge in [0.15, 0.2) is 5.69 Å². The van der Waals surface area contributed by atoms with Crippen molar-refractivity contribution in [2.75, 3.05) is 5.32 Å². The predicted molar refractivity (Wildman–Crippen MR) is 79.3 cm³/mol. The highest BCUT2D eigenvalue weighted by Crippen LogP contribution is 2.23. The number of nitrogens with zero attached hydrogens (tertiary/aromatic N) is 2. The first-order chi connectivity index (χ1) is 9.97. The number of aromatic carboxylic acids is 1. The summed E-state index contributed by atoms with van der Waals surface area (Å²) >= 11 is 3.33. The second kappa shape index (κ2) is 6.31. The average Bonchev–Trinajstić information content (AvgIpc) is 2.44. The van der Waals surface area contributed by atoms with Gasteiger partial charge in [-0.1, -0.05) is 28.1 Å². The summed E-state index contributed by atoms with van der Waals surface area (Å²) in [7, 11) is 0. The number of hydrogen-bond donors (Lipinski definition) is 2. The van der Waals surface area contributed by atoms with Crippen molar-refractivity contribution in [3.8, 4) is 0 Å². The van der Waals surface area contributed by atoms with Gasteiger partial charge in [-0.2, -0.15) is 0 Å². The zero-order valence-corrected chi connectivity index (χ0v) is 12.2. The molecule has 7 nitrogen and oxygen atoms in total. The van der Waals surface area contributed by atoms with Crippen LogP contribution in [0.3, 0.4) is 0 Å². The zero-order chi connectivity index (χ0) is 15.4. The third-order valence-corrected chi connectivity index (χ3v) is 3.13. The molecule has 21 heavy (non-hydrogen) atoms. The topological polar surface area (TPSA) is 105 Å². The quantitative estimate of drug-likeness (QED) is 0.633. The molecular formula is C13H10BrN3O4. The first-order valence-electron chi connectivity index (χ1n) is 5.84. The Kier molecular flexibility index (Phi) is 4.49. The number of aromatic nitrogens is 1. The lowest BCUT2D eigenvalue weighted by atomic mass is 10.2. The highest BCUT2D eigenvalue weighted by molar-refractivity contribution is 9.10. The SMILES string of the molecule is O=C(O)c1ccc([N+](=O)[O-])c(NCc2cccc(Br)c2)n1. The van der Waals surface area contributed by atoms with Crippen LogP contribution in [-0.4, -0.2) is 21.0 Å². The first kappa shape index (κ1) is 14.9. The number of halogens is 1. The monoisotopic (exact) mass is 351 g/mol. The van der Waals surface area contributed by atoms with Gasteiger partial charge in [0.25, 0.3) is 0 Å². The molecule has 2 aromatic rings. The Balaban J connectivity index is 2.26. The van der Waals surface area contributed by atoms with Gasteiger partial charge < -0.3 is 10.4 Å². The number of carboxylic acid groups (broad SMARTS) is 1. The van der Waals surface area contributed by atoms with E-state index in [1.54, 1.807) is 0 Å². The van der Waals surface area contributed by atoms with Crippen molar-refractivity contribution in [1.82, 2.24) is 4.98 Å². The van der Waals surface area contributed by atoms with E-state index in [1.165, 1.54) is 0 Å². The fourth-order valence-electron chi connectivity index (χ4n) is 1.68. The molecule has 0 bridgehead atoms. The van der Waals surface area contributed by atoms with E-state index in [9.17, 15) is 14.9 Å². The summed E-state index contributed by atoms with van der Waals surface area (Å²) in [5.41, 5.74) is 0.355. The minimum absolute atomic E-state index is 0.0696. The van der Waals surface area contributed by atoms with Gasteiger partial charge in [-0.3, -0.25) is 10.1 Å². The smallest absolute Gasteiger partial charge is 0.354 e. The Bertz CT molecular complexity index is 706. The molecule has 8 heteroatoms. The largest absolute Gasteiger partial charge is 0.477 e. The first-order valence-corrected chi connectivity index (χ1v) is 6.63. The number of benzene rings is 1. The van der Waals surface area contributed by atoms with E-state index < -0.39 is 10.9 Å². The summed E-state index contributed by atoms with van der Waals surface area (Å²) in [6.45, 7) is 0.288. The van der Waals surface area contributed by atoms with Crippen molar-refractivity contribution in [1.29, 1.82) is 0 Å². The molecular weight excluding hydrogens is 342 g/mol. The van der Waals surface area contributed by atoms with Gasteiger partial charge in [0, 0.05) is 17.1 Å². The molecule has 1 heterocycles. The lowest BCUT2D eigenvalue weighted by molar-refractivity contribution is -0.384. The fraction of sp³-hybridized carbons (Fsp3) is 0.0769. The second-order valence-corrected chi connectivity index (χ2v) is 5.03. The molecule has 0 spiro atoms. The molecule has 2 N–H and O–H groups in total. The molecule has 108 valence electrons. The maximum absolute atomic E-state index is 10.9. The number of carboxylic acids is 1. The standard InChI is InChI=1S/C13H10BrN3O4/c14-9-3-1-2-8(6-9)7-15-12-11(17(20)21)5-4-10(16-12)13(18)19/h1-6H,7H2,(H,15,16)(H,18,19). The Labute approximate surface area is 127 Å². The number of hydrogen-bond acceptors (Lipinski definition) is 5. The van der Waals surface area contributed by atoms with E-state index in [0.29, 0.717) is 0 Å². The van der Waals surface area contributed by atoms with Crippen LogP contribution < -0.4 is 5.32 Å². The van der Waals surface area contributed by atoms with Crippen LogP contribution in [0.2, 0.25) is 0 Å². The summed E-state index contributed by atoms with van der Waals surface area (Å²) in [5, 5.41) is 22.6. The molecule has 2 rings (SSSR count). The van der Waals surface area contributed by atoms with E-state index in [0.717, 1.165) is 22.2 Å². The number of pyridine rings is 1. The van der Waals surface area contributed by atoms with Crippen LogP contribution in [0, 0.1) is 10.1 Å². The Morgan fingerprint density at radius 2 is 2.14 bits per heavy atom. The van der Waals surface area contributed by atoms with Crippen molar-refractivity contribution in [2.24, 2.45) is 0 Å². The van der Waals surface area contributed by atoms with E-state index in [4.69, 9.17) is 5.11 Å².